The normalized spacial score (nSPS) is 9.31. The molecule has 0 saturated heterocycles. The smallest absolute Gasteiger partial charge is 0.336 e. The summed E-state index contributed by atoms with van der Waals surface area (Å²) in [4.78, 5) is 20.9. The van der Waals surface area contributed by atoms with Gasteiger partial charge in [0.2, 0.25) is 0 Å². The van der Waals surface area contributed by atoms with Crippen LogP contribution in [0.4, 0.5) is 0 Å². The Morgan fingerprint density at radius 3 is 1.56 bits per heavy atom. The molecule has 0 unspecified atom stereocenters. The third-order valence-electron chi connectivity index (χ3n) is 1.54. The minimum absolute atomic E-state index is 0.190. The van der Waals surface area contributed by atoms with Gasteiger partial charge in [0.25, 0.3) is 0 Å². The van der Waals surface area contributed by atoms with Crippen LogP contribution in [0.15, 0.2) is 36.6 Å². The van der Waals surface area contributed by atoms with Crippen LogP contribution in [0.25, 0.3) is 0 Å². The quantitative estimate of drug-likeness (QED) is 0.669. The van der Waals surface area contributed by atoms with Gasteiger partial charge in [-0.3, -0.25) is 0 Å². The van der Waals surface area contributed by atoms with Crippen molar-refractivity contribution in [1.82, 2.24) is 0 Å². The Hall–Kier alpha value is -2.30. The number of aliphatic hydroxyl groups excluding tert-OH is 1. The molecule has 0 aliphatic rings. The number of allylic oxidation sites excluding steroid dienone is 1. The zero-order valence-corrected chi connectivity index (χ0v) is 8.62. The summed E-state index contributed by atoms with van der Waals surface area (Å²) in [6, 6.07) is 5.48. The molecule has 5 nitrogen and oxygen atoms in total. The fraction of sp³-hybridized carbons (Fsp3) is 0.0909. The molecule has 0 heterocycles. The van der Waals surface area contributed by atoms with Crippen molar-refractivity contribution in [3.8, 4) is 0 Å². The first-order valence-electron chi connectivity index (χ1n) is 4.35. The lowest BCUT2D eigenvalue weighted by Gasteiger charge is -1.98. The van der Waals surface area contributed by atoms with Crippen molar-refractivity contribution in [2.45, 2.75) is 6.92 Å². The predicted molar refractivity (Wildman–Crippen MR) is 57.8 cm³/mol. The fourth-order valence-electron chi connectivity index (χ4n) is 0.856. The van der Waals surface area contributed by atoms with Crippen molar-refractivity contribution in [2.75, 3.05) is 0 Å². The van der Waals surface area contributed by atoms with Crippen molar-refractivity contribution in [3.63, 3.8) is 0 Å². The van der Waals surface area contributed by atoms with Crippen molar-refractivity contribution in [2.24, 2.45) is 0 Å². The van der Waals surface area contributed by atoms with Crippen LogP contribution in [0.3, 0.4) is 0 Å². The molecule has 0 aliphatic carbocycles. The van der Waals surface area contributed by atoms with Gasteiger partial charge in [0, 0.05) is 0 Å². The lowest BCUT2D eigenvalue weighted by Crippen LogP contribution is -2.06. The van der Waals surface area contributed by atoms with E-state index in [-0.39, 0.29) is 11.1 Å². The second-order valence-corrected chi connectivity index (χ2v) is 2.64. The molecule has 5 heteroatoms. The molecule has 0 saturated carbocycles. The van der Waals surface area contributed by atoms with E-state index in [1.54, 1.807) is 13.0 Å². The summed E-state index contributed by atoms with van der Waals surface area (Å²) in [5.41, 5.74) is -0.380. The maximum absolute atomic E-state index is 10.5. The highest BCUT2D eigenvalue weighted by molar-refractivity contribution is 6.01. The number of carboxylic acids is 2. The van der Waals surface area contributed by atoms with Crippen LogP contribution in [0.5, 0.6) is 0 Å². The van der Waals surface area contributed by atoms with Gasteiger partial charge in [0.05, 0.1) is 17.4 Å². The monoisotopic (exact) mass is 224 g/mol. The Morgan fingerprint density at radius 1 is 1.06 bits per heavy atom. The zero-order valence-electron chi connectivity index (χ0n) is 8.62. The van der Waals surface area contributed by atoms with Crippen LogP contribution in [-0.2, 0) is 0 Å². The van der Waals surface area contributed by atoms with Gasteiger partial charge < -0.3 is 15.3 Å². The molecule has 0 atom stereocenters. The molecule has 0 aromatic heterocycles. The fourth-order valence-corrected chi connectivity index (χ4v) is 0.856. The summed E-state index contributed by atoms with van der Waals surface area (Å²) < 4.78 is 0. The van der Waals surface area contributed by atoms with Gasteiger partial charge in [-0.05, 0) is 19.1 Å². The third-order valence-corrected chi connectivity index (χ3v) is 1.54. The molecule has 0 bridgehead atoms. The molecule has 0 fully saturated rings. The van der Waals surface area contributed by atoms with E-state index in [4.69, 9.17) is 15.3 Å². The van der Waals surface area contributed by atoms with E-state index < -0.39 is 11.9 Å². The lowest BCUT2D eigenvalue weighted by molar-refractivity contribution is 0.0651. The summed E-state index contributed by atoms with van der Waals surface area (Å²) >= 11 is 0. The summed E-state index contributed by atoms with van der Waals surface area (Å²) in [7, 11) is 0. The maximum Gasteiger partial charge on any atom is 0.336 e. The van der Waals surface area contributed by atoms with Crippen molar-refractivity contribution in [3.05, 3.63) is 47.7 Å². The largest absolute Gasteiger partial charge is 0.516 e. The molecule has 0 spiro atoms. The highest BCUT2D eigenvalue weighted by Crippen LogP contribution is 2.07. The Balaban J connectivity index is 0.000000487. The highest BCUT2D eigenvalue weighted by atomic mass is 16.4. The van der Waals surface area contributed by atoms with Crippen molar-refractivity contribution < 1.29 is 24.9 Å². The first-order valence-corrected chi connectivity index (χ1v) is 4.35. The van der Waals surface area contributed by atoms with E-state index in [1.165, 1.54) is 24.3 Å². The predicted octanol–water partition coefficient (Wildman–Crippen LogP) is 2.16. The van der Waals surface area contributed by atoms with Crippen LogP contribution in [0.2, 0.25) is 0 Å². The van der Waals surface area contributed by atoms with Gasteiger partial charge in [0.15, 0.2) is 0 Å². The number of hydrogen-bond donors (Lipinski definition) is 3. The minimum Gasteiger partial charge on any atom is -0.516 e. The minimum atomic E-state index is -1.23. The summed E-state index contributed by atoms with van der Waals surface area (Å²) in [6.45, 7) is 1.75. The van der Waals surface area contributed by atoms with Gasteiger partial charge in [-0.15, -0.1) is 0 Å². The van der Waals surface area contributed by atoms with Crippen molar-refractivity contribution in [1.29, 1.82) is 0 Å². The Morgan fingerprint density at radius 2 is 1.38 bits per heavy atom. The molecule has 1 rings (SSSR count). The number of aliphatic hydroxyl groups is 1. The molecular weight excluding hydrogens is 212 g/mol. The van der Waals surface area contributed by atoms with Crippen LogP contribution in [-0.4, -0.2) is 27.3 Å². The number of aromatic carboxylic acids is 2. The van der Waals surface area contributed by atoms with Gasteiger partial charge in [0.1, 0.15) is 0 Å². The summed E-state index contributed by atoms with van der Waals surface area (Å²) in [5.74, 6) is -2.46. The van der Waals surface area contributed by atoms with E-state index in [9.17, 15) is 9.59 Å². The molecule has 3 N–H and O–H groups in total. The Bertz CT molecular complexity index is 358. The average molecular weight is 224 g/mol. The second-order valence-electron chi connectivity index (χ2n) is 2.64. The molecule has 0 radical (unpaired) electrons. The maximum atomic E-state index is 10.5. The van der Waals surface area contributed by atoms with Gasteiger partial charge in [-0.1, -0.05) is 18.2 Å². The Labute approximate surface area is 92.3 Å². The first-order chi connectivity index (χ1) is 7.54. The molecule has 0 aliphatic heterocycles. The molecule has 0 amide bonds. The summed E-state index contributed by atoms with van der Waals surface area (Å²) in [6.07, 6.45) is 2.56. The van der Waals surface area contributed by atoms with E-state index in [0.717, 1.165) is 6.26 Å². The molecule has 1 aromatic rings. The van der Waals surface area contributed by atoms with E-state index in [2.05, 4.69) is 0 Å². The Kier molecular flexibility index (Phi) is 6.04. The topological polar surface area (TPSA) is 94.8 Å². The van der Waals surface area contributed by atoms with Crippen molar-refractivity contribution >= 4 is 11.9 Å². The zero-order chi connectivity index (χ0) is 12.6. The van der Waals surface area contributed by atoms with E-state index in [0.29, 0.717) is 0 Å². The molecule has 1 aromatic carbocycles. The number of hydrogen-bond acceptors (Lipinski definition) is 3. The lowest BCUT2D eigenvalue weighted by atomic mass is 10.1. The van der Waals surface area contributed by atoms with Gasteiger partial charge in [-0.2, -0.15) is 0 Å². The molecular formula is C11H12O5. The van der Waals surface area contributed by atoms with E-state index >= 15 is 0 Å². The van der Waals surface area contributed by atoms with Crippen LogP contribution < -0.4 is 0 Å². The number of benzene rings is 1. The molecule has 16 heavy (non-hydrogen) atoms. The van der Waals surface area contributed by atoms with Gasteiger partial charge in [-0.25, -0.2) is 9.59 Å². The highest BCUT2D eigenvalue weighted by Gasteiger charge is 2.13. The number of carboxylic acid groups (broad SMARTS) is 2. The standard InChI is InChI=1S/C8H6O4.C3H6O/c9-7(10)5-3-1-2-4-6(5)8(11)12;1-2-3-4/h1-4H,(H,9,10)(H,11,12);2-4H,1H3. The average Bonchev–Trinajstić information content (AvgIpc) is 2.29. The molecule has 86 valence electrons. The van der Waals surface area contributed by atoms with Crippen LogP contribution in [0.1, 0.15) is 27.6 Å². The van der Waals surface area contributed by atoms with Crippen LogP contribution >= 0.6 is 0 Å². The van der Waals surface area contributed by atoms with E-state index in [1.807, 2.05) is 0 Å². The number of carbonyl (C=O) groups is 2. The van der Waals surface area contributed by atoms with Crippen LogP contribution in [0, 0.1) is 0 Å². The first kappa shape index (κ1) is 13.7. The third kappa shape index (κ3) is 4.28. The van der Waals surface area contributed by atoms with Gasteiger partial charge >= 0.3 is 11.9 Å². The summed E-state index contributed by atoms with van der Waals surface area (Å²) in [5, 5.41) is 24.8. The number of rotatable bonds is 2. The SMILES string of the molecule is CC=CO.O=C(O)c1ccccc1C(=O)O. The second kappa shape index (κ2) is 7.05.